The van der Waals surface area contributed by atoms with Gasteiger partial charge in [0.15, 0.2) is 0 Å². The molecule has 0 saturated carbocycles. The number of unbranched alkanes of at least 4 members (excludes halogenated alkanes) is 5. The summed E-state index contributed by atoms with van der Waals surface area (Å²) in [6.07, 6.45) is 6.06. The summed E-state index contributed by atoms with van der Waals surface area (Å²) in [4.78, 5) is 10.7. The van der Waals surface area contributed by atoms with E-state index < -0.39 is 12.8 Å². The zero-order valence-electron chi connectivity index (χ0n) is 8.51. The molecule has 0 unspecified atom stereocenters. The Kier molecular flexibility index (Phi) is 9.96. The molecule has 0 saturated heterocycles. The zero-order valence-corrected chi connectivity index (χ0v) is 8.51. The topological polar surface area (TPSA) is 46.5 Å². The fourth-order valence-corrected chi connectivity index (χ4v) is 1.22. The number of esters is 1. The summed E-state index contributed by atoms with van der Waals surface area (Å²) in [6, 6.07) is 0. The molecule has 0 aromatic rings. The third-order valence-electron chi connectivity index (χ3n) is 2.00. The smallest absolute Gasteiger partial charge is 0.308 e. The van der Waals surface area contributed by atoms with Gasteiger partial charge in [0, 0.05) is 13.0 Å². The van der Waals surface area contributed by atoms with Gasteiger partial charge in [0.2, 0.25) is 6.86 Å². The summed E-state index contributed by atoms with van der Waals surface area (Å²) in [5, 5.41) is 8.50. The van der Waals surface area contributed by atoms with Crippen molar-refractivity contribution in [2.24, 2.45) is 0 Å². The molecule has 0 rings (SSSR count). The van der Waals surface area contributed by atoms with Crippen LogP contribution in [0.3, 0.4) is 0 Å². The molecule has 0 fully saturated rings. The summed E-state index contributed by atoms with van der Waals surface area (Å²) in [5.74, 6) is -0.456. The van der Waals surface area contributed by atoms with Gasteiger partial charge in [-0.3, -0.25) is 4.79 Å². The van der Waals surface area contributed by atoms with Crippen molar-refractivity contribution in [3.8, 4) is 0 Å². The molecule has 0 amide bonds. The number of ether oxygens (including phenoxy) is 1. The average Bonchev–Trinajstić information content (AvgIpc) is 2.17. The molecule has 0 bridgehead atoms. The van der Waals surface area contributed by atoms with Gasteiger partial charge in [0.1, 0.15) is 0 Å². The van der Waals surface area contributed by atoms with Gasteiger partial charge in [-0.25, -0.2) is 4.39 Å². The summed E-state index contributed by atoms with van der Waals surface area (Å²) in [6.45, 7) is -0.766. The minimum absolute atomic E-state index is 0.253. The molecule has 0 aliphatic rings. The first-order valence-corrected chi connectivity index (χ1v) is 5.13. The molecule has 0 radical (unpaired) electrons. The van der Waals surface area contributed by atoms with Gasteiger partial charge in [-0.15, -0.1) is 0 Å². The van der Waals surface area contributed by atoms with E-state index >= 15 is 0 Å². The van der Waals surface area contributed by atoms with Gasteiger partial charge in [0.25, 0.3) is 0 Å². The lowest BCUT2D eigenvalue weighted by atomic mass is 10.1. The fraction of sp³-hybridized carbons (Fsp3) is 0.900. The molecule has 0 heterocycles. The van der Waals surface area contributed by atoms with Crippen LogP contribution in [0.2, 0.25) is 0 Å². The second-order valence-electron chi connectivity index (χ2n) is 3.22. The maximum absolute atomic E-state index is 11.5. The van der Waals surface area contributed by atoms with E-state index in [9.17, 15) is 9.18 Å². The van der Waals surface area contributed by atoms with Gasteiger partial charge >= 0.3 is 5.97 Å². The summed E-state index contributed by atoms with van der Waals surface area (Å²) < 4.78 is 15.6. The lowest BCUT2D eigenvalue weighted by Gasteiger charge is -2.00. The molecule has 0 spiro atoms. The monoisotopic (exact) mass is 206 g/mol. The lowest BCUT2D eigenvalue weighted by Crippen LogP contribution is -2.02. The molecule has 0 aromatic heterocycles. The Balaban J connectivity index is 3.01. The van der Waals surface area contributed by atoms with Crippen molar-refractivity contribution in [1.29, 1.82) is 0 Å². The summed E-state index contributed by atoms with van der Waals surface area (Å²) in [7, 11) is 0. The van der Waals surface area contributed by atoms with Crippen molar-refractivity contribution < 1.29 is 19.0 Å². The van der Waals surface area contributed by atoms with Gasteiger partial charge < -0.3 is 9.84 Å². The lowest BCUT2D eigenvalue weighted by molar-refractivity contribution is -0.147. The van der Waals surface area contributed by atoms with Crippen LogP contribution in [0.4, 0.5) is 4.39 Å². The normalized spacial score (nSPS) is 10.1. The first-order chi connectivity index (χ1) is 6.81. The standard InChI is InChI=1S/C10H19FO3/c11-9-14-10(13)7-5-3-1-2-4-6-8-12/h12H,1-9H2. The van der Waals surface area contributed by atoms with Crippen LogP contribution in [-0.2, 0) is 9.53 Å². The van der Waals surface area contributed by atoms with E-state index in [1.165, 1.54) is 0 Å². The zero-order chi connectivity index (χ0) is 10.6. The maximum Gasteiger partial charge on any atom is 0.308 e. The first-order valence-electron chi connectivity index (χ1n) is 5.13. The minimum Gasteiger partial charge on any atom is -0.434 e. The fourth-order valence-electron chi connectivity index (χ4n) is 1.22. The third kappa shape index (κ3) is 9.45. The van der Waals surface area contributed by atoms with E-state index in [0.717, 1.165) is 38.5 Å². The Morgan fingerprint density at radius 3 is 2.21 bits per heavy atom. The number of hydrogen-bond acceptors (Lipinski definition) is 3. The largest absolute Gasteiger partial charge is 0.434 e. The van der Waals surface area contributed by atoms with Crippen LogP contribution in [0.15, 0.2) is 0 Å². The number of aliphatic hydroxyl groups excluding tert-OH is 1. The molecule has 14 heavy (non-hydrogen) atoms. The molecule has 0 aliphatic heterocycles. The number of rotatable bonds is 9. The highest BCUT2D eigenvalue weighted by Gasteiger charge is 2.00. The Labute approximate surface area is 84.3 Å². The Morgan fingerprint density at radius 2 is 1.64 bits per heavy atom. The molecule has 0 atom stereocenters. The van der Waals surface area contributed by atoms with Gasteiger partial charge in [-0.2, -0.15) is 0 Å². The number of halogens is 1. The Bertz CT molecular complexity index is 139. The van der Waals surface area contributed by atoms with E-state index in [0.29, 0.717) is 6.42 Å². The van der Waals surface area contributed by atoms with Crippen molar-refractivity contribution in [3.05, 3.63) is 0 Å². The molecule has 84 valence electrons. The quantitative estimate of drug-likeness (QED) is 0.464. The highest BCUT2D eigenvalue weighted by Crippen LogP contribution is 2.07. The highest BCUT2D eigenvalue weighted by molar-refractivity contribution is 5.69. The van der Waals surface area contributed by atoms with Crippen molar-refractivity contribution >= 4 is 5.97 Å². The van der Waals surface area contributed by atoms with Crippen LogP contribution in [0.1, 0.15) is 44.9 Å². The Hall–Kier alpha value is -0.640. The second-order valence-corrected chi connectivity index (χ2v) is 3.22. The number of carbonyl (C=O) groups is 1. The van der Waals surface area contributed by atoms with Gasteiger partial charge in [0.05, 0.1) is 0 Å². The minimum atomic E-state index is -1.02. The van der Waals surface area contributed by atoms with E-state index in [1.54, 1.807) is 0 Å². The van der Waals surface area contributed by atoms with E-state index in [1.807, 2.05) is 0 Å². The number of alkyl halides is 1. The third-order valence-corrected chi connectivity index (χ3v) is 2.00. The molecular formula is C10H19FO3. The maximum atomic E-state index is 11.5. The first kappa shape index (κ1) is 13.4. The van der Waals surface area contributed by atoms with E-state index in [2.05, 4.69) is 4.74 Å². The van der Waals surface area contributed by atoms with Crippen LogP contribution in [-0.4, -0.2) is 24.5 Å². The van der Waals surface area contributed by atoms with E-state index in [4.69, 9.17) is 5.11 Å². The summed E-state index contributed by atoms with van der Waals surface area (Å²) >= 11 is 0. The average molecular weight is 206 g/mol. The Morgan fingerprint density at radius 1 is 1.07 bits per heavy atom. The van der Waals surface area contributed by atoms with Crippen molar-refractivity contribution in [2.75, 3.05) is 13.5 Å². The van der Waals surface area contributed by atoms with Crippen molar-refractivity contribution in [3.63, 3.8) is 0 Å². The van der Waals surface area contributed by atoms with Crippen molar-refractivity contribution in [1.82, 2.24) is 0 Å². The predicted octanol–water partition coefficient (Wildman–Crippen LogP) is 2.18. The van der Waals surface area contributed by atoms with Gasteiger partial charge in [-0.1, -0.05) is 25.7 Å². The molecule has 4 heteroatoms. The predicted molar refractivity (Wildman–Crippen MR) is 51.5 cm³/mol. The highest BCUT2D eigenvalue weighted by atomic mass is 19.1. The van der Waals surface area contributed by atoms with Crippen LogP contribution >= 0.6 is 0 Å². The van der Waals surface area contributed by atoms with Crippen LogP contribution in [0.25, 0.3) is 0 Å². The second kappa shape index (κ2) is 10.4. The number of hydrogen-bond donors (Lipinski definition) is 1. The van der Waals surface area contributed by atoms with E-state index in [-0.39, 0.29) is 6.61 Å². The van der Waals surface area contributed by atoms with Crippen LogP contribution in [0, 0.1) is 0 Å². The number of carbonyl (C=O) groups excluding carboxylic acids is 1. The molecule has 0 aromatic carbocycles. The number of aliphatic hydroxyl groups is 1. The summed E-state index contributed by atoms with van der Waals surface area (Å²) in [5.41, 5.74) is 0. The van der Waals surface area contributed by atoms with Gasteiger partial charge in [-0.05, 0) is 12.8 Å². The molecule has 3 nitrogen and oxygen atoms in total. The van der Waals surface area contributed by atoms with Crippen molar-refractivity contribution in [2.45, 2.75) is 44.9 Å². The van der Waals surface area contributed by atoms with Crippen LogP contribution < -0.4 is 0 Å². The molecule has 0 aliphatic carbocycles. The SMILES string of the molecule is O=C(CCCCCCCCO)OCF. The molecular weight excluding hydrogens is 187 g/mol. The van der Waals surface area contributed by atoms with Crippen LogP contribution in [0.5, 0.6) is 0 Å². The molecule has 1 N–H and O–H groups in total.